The molecule has 0 aliphatic heterocycles. The Morgan fingerprint density at radius 2 is 1.71 bits per heavy atom. The molecule has 38 heavy (non-hydrogen) atoms. The quantitative estimate of drug-likeness (QED) is 0.188. The summed E-state index contributed by atoms with van der Waals surface area (Å²) in [6.45, 7) is 0.488. The van der Waals surface area contributed by atoms with Crippen LogP contribution in [0.5, 0.6) is 5.75 Å². The average Bonchev–Trinajstić information content (AvgIpc) is 3.17. The number of benzene rings is 3. The Morgan fingerprint density at radius 1 is 1.00 bits per heavy atom. The summed E-state index contributed by atoms with van der Waals surface area (Å²) in [5, 5.41) is 15.0. The number of carbonyl (C=O) groups is 1. The Hall–Kier alpha value is -2.60. The topological polar surface area (TPSA) is 84.6 Å². The van der Waals surface area contributed by atoms with E-state index in [1.54, 1.807) is 24.3 Å². The molecule has 3 aromatic rings. The van der Waals surface area contributed by atoms with Crippen LogP contribution in [0, 0.1) is 5.92 Å². The van der Waals surface area contributed by atoms with E-state index in [1.165, 1.54) is 11.1 Å². The maximum absolute atomic E-state index is 12.6. The van der Waals surface area contributed by atoms with Gasteiger partial charge in [-0.1, -0.05) is 65.1 Å². The number of nitrogen functional groups attached to an aromatic ring is 1. The predicted molar refractivity (Wildman–Crippen MR) is 155 cm³/mol. The Balaban J connectivity index is 1.31. The van der Waals surface area contributed by atoms with Gasteiger partial charge >= 0.3 is 5.97 Å². The molecule has 0 amide bonds. The molecule has 1 atom stereocenters. The minimum absolute atomic E-state index is 0.0535. The summed E-state index contributed by atoms with van der Waals surface area (Å²) in [6, 6.07) is 19.2. The van der Waals surface area contributed by atoms with E-state index in [9.17, 15) is 9.90 Å². The molecule has 1 spiro atoms. The molecule has 5 nitrogen and oxygen atoms in total. The molecule has 0 bridgehead atoms. The van der Waals surface area contributed by atoms with Gasteiger partial charge in [-0.15, -0.1) is 0 Å². The predicted octanol–water partition coefficient (Wildman–Crippen LogP) is 8.01. The van der Waals surface area contributed by atoms with E-state index >= 15 is 0 Å². The number of nitrogens with two attached hydrogens (primary N) is 1. The summed E-state index contributed by atoms with van der Waals surface area (Å²) in [4.78, 5) is 12.6. The first kappa shape index (κ1) is 27.0. The van der Waals surface area contributed by atoms with Crippen molar-refractivity contribution >= 4 is 52.1 Å². The number of rotatable bonds is 8. The fourth-order valence-electron chi connectivity index (χ4n) is 6.50. The van der Waals surface area contributed by atoms with E-state index in [0.717, 1.165) is 37.8 Å². The molecule has 2 aliphatic rings. The smallest absolute Gasteiger partial charge is 0.329 e. The van der Waals surface area contributed by atoms with Gasteiger partial charge in [0.05, 0.1) is 16.7 Å². The lowest BCUT2D eigenvalue weighted by Gasteiger charge is -2.47. The van der Waals surface area contributed by atoms with E-state index in [0.29, 0.717) is 51.9 Å². The average molecular weight is 574 g/mol. The highest BCUT2D eigenvalue weighted by atomic mass is 35.5. The lowest BCUT2D eigenvalue weighted by Crippen LogP contribution is -2.53. The molecule has 0 radical (unpaired) electrons. The summed E-state index contributed by atoms with van der Waals surface area (Å²) in [5.41, 5.74) is 8.70. The van der Waals surface area contributed by atoms with Crippen molar-refractivity contribution in [2.75, 3.05) is 17.7 Å². The number of fused-ring (bicyclic) bond motifs is 2. The number of ether oxygens (including phenoxy) is 1. The summed E-state index contributed by atoms with van der Waals surface area (Å²) in [5.74, 6) is 0.0441. The first-order valence-corrected chi connectivity index (χ1v) is 14.1. The van der Waals surface area contributed by atoms with Crippen LogP contribution in [0.4, 0.5) is 11.4 Å². The maximum atomic E-state index is 12.6. The molecule has 0 aromatic heterocycles. The van der Waals surface area contributed by atoms with Crippen LogP contribution in [0.1, 0.15) is 49.7 Å². The zero-order valence-electron chi connectivity index (χ0n) is 21.0. The highest BCUT2D eigenvalue weighted by molar-refractivity contribution is 6.37. The van der Waals surface area contributed by atoms with Crippen molar-refractivity contribution in [3.63, 3.8) is 0 Å². The summed E-state index contributed by atoms with van der Waals surface area (Å²) in [7, 11) is 0. The number of carboxylic acid groups (broad SMARTS) is 1. The molecule has 1 fully saturated rings. The molecule has 4 N–H and O–H groups in total. The SMILES string of the molecule is Nc1cc(Cl)c(OCCCC2Cc3ccccc3C23CCC(Nc2cccc(Cl)c2)(C(=O)O)CC3)c(Cl)c1. The molecule has 1 unspecified atom stereocenters. The monoisotopic (exact) mass is 572 g/mol. The molecule has 8 heteroatoms. The molecule has 1 saturated carbocycles. The van der Waals surface area contributed by atoms with E-state index in [-0.39, 0.29) is 5.41 Å². The number of hydrogen-bond acceptors (Lipinski definition) is 4. The van der Waals surface area contributed by atoms with Crippen LogP contribution in [-0.2, 0) is 16.6 Å². The molecule has 0 heterocycles. The van der Waals surface area contributed by atoms with Gasteiger partial charge in [0.2, 0.25) is 0 Å². The van der Waals surface area contributed by atoms with Gasteiger partial charge in [-0.2, -0.15) is 0 Å². The highest BCUT2D eigenvalue weighted by Gasteiger charge is 2.53. The van der Waals surface area contributed by atoms with Crippen LogP contribution < -0.4 is 15.8 Å². The van der Waals surface area contributed by atoms with Gasteiger partial charge in [-0.3, -0.25) is 0 Å². The zero-order chi connectivity index (χ0) is 26.9. The van der Waals surface area contributed by atoms with Crippen molar-refractivity contribution in [3.8, 4) is 5.75 Å². The molecule has 200 valence electrons. The number of anilines is 2. The van der Waals surface area contributed by atoms with Crippen LogP contribution >= 0.6 is 34.8 Å². The Labute approximate surface area is 238 Å². The number of hydrogen-bond donors (Lipinski definition) is 3. The van der Waals surface area contributed by atoms with Crippen LogP contribution in [0.25, 0.3) is 0 Å². The summed E-state index contributed by atoms with van der Waals surface area (Å²) >= 11 is 18.7. The van der Waals surface area contributed by atoms with Crippen LogP contribution in [0.3, 0.4) is 0 Å². The van der Waals surface area contributed by atoms with E-state index in [2.05, 4.69) is 29.6 Å². The van der Waals surface area contributed by atoms with Gasteiger partial charge in [-0.25, -0.2) is 4.79 Å². The second-order valence-corrected chi connectivity index (χ2v) is 11.8. The number of carboxylic acids is 1. The largest absolute Gasteiger partial charge is 0.490 e. The fourth-order valence-corrected chi connectivity index (χ4v) is 7.30. The standard InChI is InChI=1S/C30H31Cl3N2O3/c31-21-7-3-8-23(16-21)35-30(28(36)37)12-10-29(11-13-30)20(15-19-5-1-2-9-24(19)29)6-4-14-38-27-25(32)17-22(34)18-26(27)33/h1-3,5,7-9,16-18,20,35H,4,6,10-15,34H2,(H,36,37). The Bertz CT molecular complexity index is 1310. The molecule has 2 aliphatic carbocycles. The lowest BCUT2D eigenvalue weighted by atomic mass is 9.60. The van der Waals surface area contributed by atoms with Crippen molar-refractivity contribution in [3.05, 3.63) is 86.9 Å². The number of nitrogens with one attached hydrogen (secondary N) is 1. The second kappa shape index (κ2) is 10.9. The van der Waals surface area contributed by atoms with Crippen LogP contribution in [0.2, 0.25) is 15.1 Å². The van der Waals surface area contributed by atoms with Crippen molar-refractivity contribution in [1.82, 2.24) is 0 Å². The lowest BCUT2D eigenvalue weighted by molar-refractivity contribution is -0.144. The highest BCUT2D eigenvalue weighted by Crippen LogP contribution is 2.55. The summed E-state index contributed by atoms with van der Waals surface area (Å²) in [6.07, 6.45) is 5.44. The van der Waals surface area contributed by atoms with Gasteiger partial charge in [0.25, 0.3) is 0 Å². The van der Waals surface area contributed by atoms with Gasteiger partial charge in [0.1, 0.15) is 5.54 Å². The van der Waals surface area contributed by atoms with Crippen LogP contribution in [0.15, 0.2) is 60.7 Å². The number of halogens is 3. The van der Waals surface area contributed by atoms with Crippen LogP contribution in [-0.4, -0.2) is 23.2 Å². The first-order chi connectivity index (χ1) is 18.2. The van der Waals surface area contributed by atoms with E-state index in [1.807, 2.05) is 12.1 Å². The first-order valence-electron chi connectivity index (χ1n) is 13.0. The molecule has 0 saturated heterocycles. The van der Waals surface area contributed by atoms with Gasteiger partial charge in [0, 0.05) is 16.4 Å². The molecule has 3 aromatic carbocycles. The molecule has 5 rings (SSSR count). The molecular weight excluding hydrogens is 543 g/mol. The van der Waals surface area contributed by atoms with Gasteiger partial charge in [0.15, 0.2) is 5.75 Å². The minimum atomic E-state index is -1.02. The third-order valence-electron chi connectivity index (χ3n) is 8.38. The zero-order valence-corrected chi connectivity index (χ0v) is 23.3. The summed E-state index contributed by atoms with van der Waals surface area (Å²) < 4.78 is 5.96. The van der Waals surface area contributed by atoms with Gasteiger partial charge < -0.3 is 20.9 Å². The minimum Gasteiger partial charge on any atom is -0.490 e. The van der Waals surface area contributed by atoms with Crippen molar-refractivity contribution in [2.24, 2.45) is 5.92 Å². The Kier molecular flexibility index (Phi) is 7.72. The van der Waals surface area contributed by atoms with Crippen molar-refractivity contribution in [1.29, 1.82) is 0 Å². The van der Waals surface area contributed by atoms with Crippen molar-refractivity contribution < 1.29 is 14.6 Å². The maximum Gasteiger partial charge on any atom is 0.329 e. The normalized spacial score (nSPS) is 24.2. The second-order valence-electron chi connectivity index (χ2n) is 10.5. The Morgan fingerprint density at radius 3 is 2.39 bits per heavy atom. The van der Waals surface area contributed by atoms with Crippen molar-refractivity contribution in [2.45, 2.75) is 55.9 Å². The molecular formula is C30H31Cl3N2O3. The number of aliphatic carboxylic acids is 1. The third kappa shape index (κ3) is 5.16. The fraction of sp³-hybridized carbons (Fsp3) is 0.367. The third-order valence-corrected chi connectivity index (χ3v) is 9.18. The van der Waals surface area contributed by atoms with Gasteiger partial charge in [-0.05, 0) is 97.7 Å². The van der Waals surface area contributed by atoms with E-state index < -0.39 is 11.5 Å². The van der Waals surface area contributed by atoms with E-state index in [4.69, 9.17) is 45.3 Å².